The van der Waals surface area contributed by atoms with Crippen LogP contribution in [0.3, 0.4) is 0 Å². The molecule has 0 saturated heterocycles. The number of hydrogen-bond acceptors (Lipinski definition) is 2. The molecule has 0 unspecified atom stereocenters. The molecule has 0 amide bonds. The minimum atomic E-state index is -4.11. The Morgan fingerprint density at radius 1 is 1.43 bits per heavy atom. The fraction of sp³-hybridized carbons (Fsp3) is 0.375. The van der Waals surface area contributed by atoms with E-state index in [0.29, 0.717) is 10.3 Å². The van der Waals surface area contributed by atoms with E-state index >= 15 is 0 Å². The van der Waals surface area contributed by atoms with Crippen LogP contribution in [0.4, 0.5) is 18.9 Å². The third kappa shape index (κ3) is 4.45. The van der Waals surface area contributed by atoms with Gasteiger partial charge in [0.2, 0.25) is 0 Å². The first kappa shape index (κ1) is 11.3. The minimum Gasteiger partial charge on any atom is -0.385 e. The van der Waals surface area contributed by atoms with E-state index in [1.165, 1.54) is 6.20 Å². The molecule has 14 heavy (non-hydrogen) atoms. The quantitative estimate of drug-likeness (QED) is 0.852. The molecule has 1 N–H and O–H groups in total. The predicted octanol–water partition coefficient (Wildman–Crippen LogP) is 3.21. The van der Waals surface area contributed by atoms with Gasteiger partial charge in [0.15, 0.2) is 0 Å². The van der Waals surface area contributed by atoms with Crippen LogP contribution in [0.5, 0.6) is 0 Å². The van der Waals surface area contributed by atoms with Gasteiger partial charge in [-0.2, -0.15) is 13.2 Å². The van der Waals surface area contributed by atoms with Crippen LogP contribution >= 0.6 is 15.9 Å². The molecule has 0 bridgehead atoms. The van der Waals surface area contributed by atoms with Gasteiger partial charge in [-0.3, -0.25) is 0 Å². The molecule has 0 aliphatic rings. The van der Waals surface area contributed by atoms with Crippen LogP contribution in [0.15, 0.2) is 22.9 Å². The van der Waals surface area contributed by atoms with Crippen molar-refractivity contribution in [3.8, 4) is 0 Å². The second-order valence-corrected chi connectivity index (χ2v) is 3.47. The van der Waals surface area contributed by atoms with Crippen molar-refractivity contribution >= 4 is 21.6 Å². The van der Waals surface area contributed by atoms with Crippen molar-refractivity contribution < 1.29 is 13.2 Å². The van der Waals surface area contributed by atoms with E-state index in [1.54, 1.807) is 12.1 Å². The number of anilines is 1. The van der Waals surface area contributed by atoms with Crippen LogP contribution in [0.2, 0.25) is 0 Å². The highest BCUT2D eigenvalue weighted by molar-refractivity contribution is 9.10. The number of hydrogen-bond donors (Lipinski definition) is 1. The molecular formula is C8H8BrF3N2. The van der Waals surface area contributed by atoms with Gasteiger partial charge in [-0.25, -0.2) is 4.98 Å². The molecule has 0 spiro atoms. The molecule has 1 heterocycles. The van der Waals surface area contributed by atoms with Crippen LogP contribution in [-0.4, -0.2) is 17.7 Å². The smallest absolute Gasteiger partial charge is 0.385 e. The van der Waals surface area contributed by atoms with Crippen molar-refractivity contribution in [2.75, 3.05) is 11.9 Å². The third-order valence-electron chi connectivity index (χ3n) is 1.46. The van der Waals surface area contributed by atoms with Gasteiger partial charge in [0.25, 0.3) is 0 Å². The van der Waals surface area contributed by atoms with Gasteiger partial charge in [0.1, 0.15) is 4.60 Å². The average Bonchev–Trinajstić information content (AvgIpc) is 2.01. The van der Waals surface area contributed by atoms with Gasteiger partial charge in [-0.15, -0.1) is 0 Å². The average molecular weight is 269 g/mol. The molecule has 1 aromatic rings. The first-order valence-electron chi connectivity index (χ1n) is 3.89. The summed E-state index contributed by atoms with van der Waals surface area (Å²) in [6, 6.07) is 3.23. The van der Waals surface area contributed by atoms with Crippen molar-refractivity contribution in [1.82, 2.24) is 4.98 Å². The van der Waals surface area contributed by atoms with Gasteiger partial charge in [0, 0.05) is 18.4 Å². The summed E-state index contributed by atoms with van der Waals surface area (Å²) in [6.07, 6.45) is -3.44. The molecule has 1 aromatic heterocycles. The normalized spacial score (nSPS) is 11.4. The summed E-state index contributed by atoms with van der Waals surface area (Å²) < 4.78 is 35.9. The molecule has 0 aliphatic carbocycles. The Kier molecular flexibility index (Phi) is 3.74. The van der Waals surface area contributed by atoms with Crippen LogP contribution in [0.25, 0.3) is 0 Å². The van der Waals surface area contributed by atoms with Crippen molar-refractivity contribution in [3.63, 3.8) is 0 Å². The highest BCUT2D eigenvalue weighted by Crippen LogP contribution is 2.20. The Morgan fingerprint density at radius 2 is 2.14 bits per heavy atom. The number of pyridine rings is 1. The highest BCUT2D eigenvalue weighted by Gasteiger charge is 2.25. The van der Waals surface area contributed by atoms with E-state index in [0.717, 1.165) is 0 Å². The first-order valence-corrected chi connectivity index (χ1v) is 4.69. The van der Waals surface area contributed by atoms with Gasteiger partial charge < -0.3 is 5.32 Å². The second-order valence-electron chi connectivity index (χ2n) is 2.66. The molecule has 1 rings (SSSR count). The van der Waals surface area contributed by atoms with Crippen LogP contribution in [0, 0.1) is 0 Å². The molecule has 6 heteroatoms. The molecule has 0 radical (unpaired) electrons. The second kappa shape index (κ2) is 4.63. The largest absolute Gasteiger partial charge is 0.390 e. The fourth-order valence-corrected chi connectivity index (χ4v) is 1.23. The van der Waals surface area contributed by atoms with E-state index in [-0.39, 0.29) is 6.54 Å². The standard InChI is InChI=1S/C8H8BrF3N2/c9-7-5-6(1-3-14-7)13-4-2-8(10,11)12/h1,3,5H,2,4H2,(H,13,14). The monoisotopic (exact) mass is 268 g/mol. The van der Waals surface area contributed by atoms with Crippen molar-refractivity contribution in [1.29, 1.82) is 0 Å². The van der Waals surface area contributed by atoms with E-state index in [4.69, 9.17) is 0 Å². The predicted molar refractivity (Wildman–Crippen MR) is 51.1 cm³/mol. The molecule has 0 aromatic carbocycles. The van der Waals surface area contributed by atoms with Gasteiger partial charge >= 0.3 is 6.18 Å². The first-order chi connectivity index (χ1) is 6.47. The SMILES string of the molecule is FC(F)(F)CCNc1ccnc(Br)c1. The summed E-state index contributed by atoms with van der Waals surface area (Å²) in [5.41, 5.74) is 0.621. The van der Waals surface area contributed by atoms with Crippen LogP contribution in [-0.2, 0) is 0 Å². The van der Waals surface area contributed by atoms with Gasteiger partial charge in [-0.1, -0.05) is 0 Å². The minimum absolute atomic E-state index is 0.125. The lowest BCUT2D eigenvalue weighted by Gasteiger charge is -2.08. The number of aromatic nitrogens is 1. The highest BCUT2D eigenvalue weighted by atomic mass is 79.9. The van der Waals surface area contributed by atoms with E-state index in [9.17, 15) is 13.2 Å². The summed E-state index contributed by atoms with van der Waals surface area (Å²) in [6.45, 7) is -0.125. The molecule has 0 atom stereocenters. The summed E-state index contributed by atoms with van der Waals surface area (Å²) >= 11 is 3.12. The lowest BCUT2D eigenvalue weighted by Crippen LogP contribution is -2.14. The molecule has 0 aliphatic heterocycles. The van der Waals surface area contributed by atoms with Crippen molar-refractivity contribution in [2.45, 2.75) is 12.6 Å². The topological polar surface area (TPSA) is 24.9 Å². The van der Waals surface area contributed by atoms with Gasteiger partial charge in [0.05, 0.1) is 6.42 Å². The summed E-state index contributed by atoms with van der Waals surface area (Å²) in [7, 11) is 0. The third-order valence-corrected chi connectivity index (χ3v) is 1.90. The van der Waals surface area contributed by atoms with Gasteiger partial charge in [-0.05, 0) is 28.1 Å². The molecule has 0 saturated carbocycles. The Morgan fingerprint density at radius 3 is 2.71 bits per heavy atom. The molecule has 2 nitrogen and oxygen atoms in total. The molecule has 78 valence electrons. The zero-order chi connectivity index (χ0) is 10.6. The molecule has 0 fully saturated rings. The summed E-state index contributed by atoms with van der Waals surface area (Å²) in [5, 5.41) is 2.65. The van der Waals surface area contributed by atoms with E-state index < -0.39 is 12.6 Å². The van der Waals surface area contributed by atoms with Crippen LogP contribution < -0.4 is 5.32 Å². The summed E-state index contributed by atoms with van der Waals surface area (Å²) in [4.78, 5) is 3.85. The number of halogens is 4. The van der Waals surface area contributed by atoms with Crippen molar-refractivity contribution in [3.05, 3.63) is 22.9 Å². The zero-order valence-electron chi connectivity index (χ0n) is 7.11. The Balaban J connectivity index is 2.39. The Labute approximate surface area is 87.7 Å². The number of alkyl halides is 3. The fourth-order valence-electron chi connectivity index (χ4n) is 0.861. The van der Waals surface area contributed by atoms with Crippen LogP contribution in [0.1, 0.15) is 6.42 Å². The zero-order valence-corrected chi connectivity index (χ0v) is 8.69. The number of nitrogens with zero attached hydrogens (tertiary/aromatic N) is 1. The number of nitrogens with one attached hydrogen (secondary N) is 1. The maximum atomic E-state index is 11.8. The lowest BCUT2D eigenvalue weighted by molar-refractivity contribution is -0.131. The Hall–Kier alpha value is -0.780. The maximum absolute atomic E-state index is 11.8. The maximum Gasteiger partial charge on any atom is 0.390 e. The lowest BCUT2D eigenvalue weighted by atomic mass is 10.3. The Bertz CT molecular complexity index is 301. The summed E-state index contributed by atoms with van der Waals surface area (Å²) in [5.74, 6) is 0. The van der Waals surface area contributed by atoms with E-state index in [2.05, 4.69) is 26.2 Å². The van der Waals surface area contributed by atoms with E-state index in [1.807, 2.05) is 0 Å². The van der Waals surface area contributed by atoms with Crippen molar-refractivity contribution in [2.24, 2.45) is 0 Å². The number of rotatable bonds is 3. The molecular weight excluding hydrogens is 261 g/mol.